The van der Waals surface area contributed by atoms with Gasteiger partial charge in [0.05, 0.1) is 6.61 Å². The predicted octanol–water partition coefficient (Wildman–Crippen LogP) is 0.486. The Labute approximate surface area is 92.9 Å². The van der Waals surface area contributed by atoms with E-state index < -0.39 is 12.3 Å². The molecule has 1 aliphatic heterocycles. The minimum atomic E-state index is -0.691. The summed E-state index contributed by atoms with van der Waals surface area (Å²) in [4.78, 5) is 10.1. The summed E-state index contributed by atoms with van der Waals surface area (Å²) in [5.41, 5.74) is 3.46. The molecule has 2 rings (SSSR count). The molecule has 1 saturated heterocycles. The summed E-state index contributed by atoms with van der Waals surface area (Å²) in [7, 11) is 0. The van der Waals surface area contributed by atoms with Gasteiger partial charge in [-0.15, -0.1) is 0 Å². The van der Waals surface area contributed by atoms with Gasteiger partial charge in [-0.3, -0.25) is 5.84 Å². The lowest BCUT2D eigenvalue weighted by Gasteiger charge is -1.96. The van der Waals surface area contributed by atoms with Crippen molar-refractivity contribution in [3.8, 4) is 0 Å². The number of nitrogen functional groups attached to an aromatic ring is 1. The van der Waals surface area contributed by atoms with Crippen molar-refractivity contribution >= 4 is 11.8 Å². The summed E-state index contributed by atoms with van der Waals surface area (Å²) in [5, 5.41) is 8.33. The maximum absolute atomic E-state index is 10.1. The Hall–Kier alpha value is -1.79. The van der Waals surface area contributed by atoms with Gasteiger partial charge in [0.2, 0.25) is 0 Å². The number of cyclic esters (lactones) is 2. The molecule has 6 nitrogen and oxygen atoms in total. The van der Waals surface area contributed by atoms with Gasteiger partial charge in [0, 0.05) is 5.69 Å². The number of aliphatic hydroxyl groups excluding tert-OH is 1. The molecule has 0 radical (unpaired) electrons. The van der Waals surface area contributed by atoms with E-state index >= 15 is 0 Å². The number of hydrogen-bond acceptors (Lipinski definition) is 6. The molecule has 0 spiro atoms. The highest BCUT2D eigenvalue weighted by molar-refractivity contribution is 5.61. The van der Waals surface area contributed by atoms with Gasteiger partial charge < -0.3 is 20.0 Å². The number of nitrogens with one attached hydrogen (secondary N) is 1. The number of aliphatic hydroxyl groups is 1. The number of carbonyl (C=O) groups is 1. The normalized spacial score (nSPS) is 17.9. The van der Waals surface area contributed by atoms with Crippen LogP contribution in [0.4, 0.5) is 10.5 Å². The van der Waals surface area contributed by atoms with Gasteiger partial charge in [0.25, 0.3) is 0 Å². The maximum Gasteiger partial charge on any atom is 0.508 e. The van der Waals surface area contributed by atoms with E-state index in [1.807, 2.05) is 30.3 Å². The topological polar surface area (TPSA) is 93.8 Å². The van der Waals surface area contributed by atoms with Crippen molar-refractivity contribution in [2.24, 2.45) is 5.84 Å². The van der Waals surface area contributed by atoms with E-state index in [1.165, 1.54) is 0 Å². The van der Waals surface area contributed by atoms with Crippen molar-refractivity contribution in [2.75, 3.05) is 18.6 Å². The fourth-order valence-corrected chi connectivity index (χ4v) is 0.989. The Kier molecular flexibility index (Phi) is 5.10. The van der Waals surface area contributed by atoms with Crippen LogP contribution in [0.3, 0.4) is 0 Å². The Morgan fingerprint density at radius 3 is 2.44 bits per heavy atom. The highest BCUT2D eigenvalue weighted by atomic mass is 16.8. The van der Waals surface area contributed by atoms with E-state index in [1.54, 1.807) is 0 Å². The summed E-state index contributed by atoms with van der Waals surface area (Å²) in [6.45, 7) is 0.0150. The first-order valence-corrected chi connectivity index (χ1v) is 4.72. The van der Waals surface area contributed by atoms with E-state index in [0.717, 1.165) is 5.69 Å². The first-order valence-electron chi connectivity index (χ1n) is 4.72. The van der Waals surface area contributed by atoms with Gasteiger partial charge >= 0.3 is 6.16 Å². The number of hydrazine groups is 1. The first-order chi connectivity index (χ1) is 7.76. The molecule has 4 N–H and O–H groups in total. The molecule has 1 aliphatic rings. The van der Waals surface area contributed by atoms with Crippen LogP contribution < -0.4 is 11.3 Å². The lowest BCUT2D eigenvalue weighted by Crippen LogP contribution is -2.14. The summed E-state index contributed by atoms with van der Waals surface area (Å²) >= 11 is 0. The number of para-hydroxylation sites is 1. The minimum Gasteiger partial charge on any atom is -0.430 e. The van der Waals surface area contributed by atoms with Gasteiger partial charge in [-0.05, 0) is 12.1 Å². The molecule has 6 heteroatoms. The molecular weight excluding hydrogens is 212 g/mol. The Balaban J connectivity index is 0.000000160. The molecule has 0 saturated carbocycles. The third kappa shape index (κ3) is 4.16. The number of benzene rings is 1. The van der Waals surface area contributed by atoms with Crippen molar-refractivity contribution < 1.29 is 19.4 Å². The fourth-order valence-electron chi connectivity index (χ4n) is 0.989. The van der Waals surface area contributed by atoms with E-state index in [9.17, 15) is 4.79 Å². The molecule has 0 aliphatic carbocycles. The average molecular weight is 226 g/mol. The Morgan fingerprint density at radius 1 is 1.44 bits per heavy atom. The van der Waals surface area contributed by atoms with Crippen molar-refractivity contribution in [3.05, 3.63) is 30.3 Å². The summed E-state index contributed by atoms with van der Waals surface area (Å²) in [5.74, 6) is 5.10. The van der Waals surface area contributed by atoms with Crippen LogP contribution in [0.15, 0.2) is 30.3 Å². The molecule has 1 aromatic rings. The van der Waals surface area contributed by atoms with Gasteiger partial charge in [-0.2, -0.15) is 0 Å². The fraction of sp³-hybridized carbons (Fsp3) is 0.300. The molecular formula is C10H14N2O4. The maximum atomic E-state index is 10.1. The zero-order chi connectivity index (χ0) is 11.8. The number of hydrogen-bond donors (Lipinski definition) is 3. The second-order valence-corrected chi connectivity index (χ2v) is 2.99. The second-order valence-electron chi connectivity index (χ2n) is 2.99. The Morgan fingerprint density at radius 2 is 2.12 bits per heavy atom. The van der Waals surface area contributed by atoms with Gasteiger partial charge in [-0.1, -0.05) is 18.2 Å². The summed E-state index contributed by atoms with van der Waals surface area (Å²) in [6, 6.07) is 9.60. The molecule has 1 fully saturated rings. The zero-order valence-electron chi connectivity index (χ0n) is 8.63. The van der Waals surface area contributed by atoms with Crippen LogP contribution in [0.2, 0.25) is 0 Å². The van der Waals surface area contributed by atoms with Gasteiger partial charge in [0.15, 0.2) is 6.10 Å². The van der Waals surface area contributed by atoms with Crippen molar-refractivity contribution in [2.45, 2.75) is 6.10 Å². The SMILES string of the molecule is NNc1ccccc1.O=C1OCC(CO)O1. The molecule has 1 unspecified atom stereocenters. The molecule has 0 aromatic heterocycles. The van der Waals surface area contributed by atoms with Crippen molar-refractivity contribution in [3.63, 3.8) is 0 Å². The number of rotatable bonds is 2. The van der Waals surface area contributed by atoms with Crippen LogP contribution >= 0.6 is 0 Å². The third-order valence-electron chi connectivity index (χ3n) is 1.79. The second kappa shape index (κ2) is 6.65. The first kappa shape index (κ1) is 12.3. The monoisotopic (exact) mass is 226 g/mol. The van der Waals surface area contributed by atoms with Crippen molar-refractivity contribution in [1.29, 1.82) is 0 Å². The van der Waals surface area contributed by atoms with Crippen LogP contribution in [0.5, 0.6) is 0 Å². The van der Waals surface area contributed by atoms with Gasteiger partial charge in [-0.25, -0.2) is 4.79 Å². The zero-order valence-corrected chi connectivity index (χ0v) is 8.63. The summed E-state index contributed by atoms with van der Waals surface area (Å²) in [6.07, 6.45) is -1.13. The van der Waals surface area contributed by atoms with Crippen molar-refractivity contribution in [1.82, 2.24) is 0 Å². The molecule has 16 heavy (non-hydrogen) atoms. The quantitative estimate of drug-likeness (QED) is 0.386. The largest absolute Gasteiger partial charge is 0.508 e. The van der Waals surface area contributed by atoms with Crippen LogP contribution in [-0.4, -0.2) is 30.6 Å². The van der Waals surface area contributed by atoms with Crippen LogP contribution in [0.1, 0.15) is 0 Å². The third-order valence-corrected chi connectivity index (χ3v) is 1.79. The lowest BCUT2D eigenvalue weighted by atomic mass is 10.3. The van der Waals surface area contributed by atoms with Crippen LogP contribution in [0.25, 0.3) is 0 Å². The molecule has 88 valence electrons. The van der Waals surface area contributed by atoms with E-state index in [0.29, 0.717) is 0 Å². The molecule has 1 atom stereocenters. The molecule has 0 bridgehead atoms. The van der Waals surface area contributed by atoms with E-state index in [2.05, 4.69) is 14.9 Å². The van der Waals surface area contributed by atoms with Gasteiger partial charge in [0.1, 0.15) is 6.61 Å². The van der Waals surface area contributed by atoms with E-state index in [4.69, 9.17) is 10.9 Å². The smallest absolute Gasteiger partial charge is 0.430 e. The highest BCUT2D eigenvalue weighted by Crippen LogP contribution is 2.03. The van der Waals surface area contributed by atoms with E-state index in [-0.39, 0.29) is 13.2 Å². The minimum absolute atomic E-state index is 0.161. The average Bonchev–Trinajstić information content (AvgIpc) is 2.77. The lowest BCUT2D eigenvalue weighted by molar-refractivity contribution is 0.0919. The Bertz CT molecular complexity index is 318. The molecule has 1 heterocycles. The van der Waals surface area contributed by atoms with Crippen LogP contribution in [0, 0.1) is 0 Å². The number of carbonyl (C=O) groups excluding carboxylic acids is 1. The number of anilines is 1. The highest BCUT2D eigenvalue weighted by Gasteiger charge is 2.23. The summed E-state index contributed by atoms with van der Waals surface area (Å²) < 4.78 is 8.73. The van der Waals surface area contributed by atoms with Crippen LogP contribution in [-0.2, 0) is 9.47 Å². The number of nitrogens with two attached hydrogens (primary N) is 1. The number of ether oxygens (including phenoxy) is 2. The standard InChI is InChI=1S/C6H8N2.C4H6O4/c7-8-6-4-2-1-3-5-6;5-1-3-2-7-4(6)8-3/h1-5,8H,7H2;3,5H,1-2H2. The predicted molar refractivity (Wildman–Crippen MR) is 57.6 cm³/mol. The molecule has 0 amide bonds. The molecule has 1 aromatic carbocycles.